The average Bonchev–Trinajstić information content (AvgIpc) is 2.88. The van der Waals surface area contributed by atoms with E-state index in [0.717, 1.165) is 13.1 Å². The van der Waals surface area contributed by atoms with Crippen LogP contribution in [0, 0.1) is 0 Å². The van der Waals surface area contributed by atoms with Crippen molar-refractivity contribution in [1.29, 1.82) is 0 Å². The number of piperazine rings is 1. The fraction of sp³-hybridized carbons (Fsp3) is 0.438. The first-order valence-corrected chi connectivity index (χ1v) is 7.40. The number of nitrogens with two attached hydrogens (primary N) is 1. The highest BCUT2D eigenvalue weighted by atomic mass is 16.2. The molecule has 2 atom stereocenters. The number of amides is 2. The normalized spacial score (nSPS) is 20.7. The molecule has 1 aliphatic rings. The molecule has 2 aromatic rings. The molecule has 2 amide bonds. The van der Waals surface area contributed by atoms with Crippen LogP contribution in [-0.4, -0.2) is 41.2 Å². The van der Waals surface area contributed by atoms with E-state index in [1.165, 1.54) is 16.5 Å². The molecular weight excluding hydrogens is 264 g/mol. The fourth-order valence-electron chi connectivity index (χ4n) is 3.41. The first-order chi connectivity index (χ1) is 10.1. The van der Waals surface area contributed by atoms with E-state index in [-0.39, 0.29) is 18.0 Å². The summed E-state index contributed by atoms with van der Waals surface area (Å²) in [5.74, 6) is 0.225. The highest BCUT2D eigenvalue weighted by Gasteiger charge is 2.31. The quantitative estimate of drug-likeness (QED) is 0.881. The minimum Gasteiger partial charge on any atom is -0.351 e. The Hall–Kier alpha value is -2.01. The molecular formula is C16H22N4O. The summed E-state index contributed by atoms with van der Waals surface area (Å²) in [7, 11) is 2.06. The van der Waals surface area contributed by atoms with E-state index in [1.807, 2.05) is 0 Å². The number of aromatic nitrogens is 1. The molecule has 2 heterocycles. The smallest absolute Gasteiger partial charge is 0.315 e. The van der Waals surface area contributed by atoms with Gasteiger partial charge in [-0.25, -0.2) is 4.79 Å². The number of aryl methyl sites for hydroxylation is 1. The molecule has 0 bridgehead atoms. The van der Waals surface area contributed by atoms with Crippen molar-refractivity contribution in [2.45, 2.75) is 18.9 Å². The number of hydrogen-bond donors (Lipinski definition) is 2. The predicted octanol–water partition coefficient (Wildman–Crippen LogP) is 1.63. The zero-order chi connectivity index (χ0) is 15.0. The Balaban J connectivity index is 2.01. The van der Waals surface area contributed by atoms with E-state index < -0.39 is 0 Å². The van der Waals surface area contributed by atoms with Crippen LogP contribution in [0.1, 0.15) is 18.4 Å². The summed E-state index contributed by atoms with van der Waals surface area (Å²) >= 11 is 0. The van der Waals surface area contributed by atoms with Gasteiger partial charge in [0.25, 0.3) is 0 Å². The van der Waals surface area contributed by atoms with Crippen molar-refractivity contribution in [3.05, 3.63) is 36.0 Å². The Labute approximate surface area is 124 Å². The maximum atomic E-state index is 11.7. The lowest BCUT2D eigenvalue weighted by molar-refractivity contribution is 0.155. The lowest BCUT2D eigenvalue weighted by Gasteiger charge is -2.39. The van der Waals surface area contributed by atoms with Gasteiger partial charge in [-0.1, -0.05) is 25.1 Å². The zero-order valence-corrected chi connectivity index (χ0v) is 12.5. The van der Waals surface area contributed by atoms with Gasteiger partial charge in [0, 0.05) is 38.8 Å². The fourth-order valence-corrected chi connectivity index (χ4v) is 3.41. The Morgan fingerprint density at radius 1 is 1.43 bits per heavy atom. The molecule has 1 aromatic heterocycles. The maximum Gasteiger partial charge on any atom is 0.315 e. The lowest BCUT2D eigenvalue weighted by atomic mass is 9.89. The maximum absolute atomic E-state index is 11.7. The third-order valence-electron chi connectivity index (χ3n) is 4.56. The van der Waals surface area contributed by atoms with Crippen LogP contribution < -0.4 is 11.1 Å². The van der Waals surface area contributed by atoms with E-state index >= 15 is 0 Å². The number of nitrogens with zero attached hydrogens (tertiary/aromatic N) is 2. The molecule has 1 aliphatic heterocycles. The number of fused-ring (bicyclic) bond motifs is 1. The number of rotatable bonds is 2. The molecule has 1 unspecified atom stereocenters. The number of benzene rings is 1. The van der Waals surface area contributed by atoms with Crippen molar-refractivity contribution in [2.24, 2.45) is 12.8 Å². The van der Waals surface area contributed by atoms with Crippen LogP contribution >= 0.6 is 0 Å². The minimum absolute atomic E-state index is 0.0942. The monoisotopic (exact) mass is 286 g/mol. The summed E-state index contributed by atoms with van der Waals surface area (Å²) in [5, 5.41) is 4.60. The van der Waals surface area contributed by atoms with E-state index in [4.69, 9.17) is 5.73 Å². The van der Waals surface area contributed by atoms with Crippen LogP contribution in [0.2, 0.25) is 0 Å². The number of nitrogens with one attached hydrogen (secondary N) is 1. The van der Waals surface area contributed by atoms with Gasteiger partial charge in [-0.15, -0.1) is 0 Å². The molecule has 0 aliphatic carbocycles. The predicted molar refractivity (Wildman–Crippen MR) is 84.3 cm³/mol. The van der Waals surface area contributed by atoms with Crippen LogP contribution in [0.4, 0.5) is 4.79 Å². The number of carbonyl (C=O) groups excluding carboxylic acids is 1. The molecule has 5 heteroatoms. The molecule has 0 saturated carbocycles. The van der Waals surface area contributed by atoms with Gasteiger partial charge in [0.1, 0.15) is 0 Å². The third-order valence-corrected chi connectivity index (χ3v) is 4.56. The van der Waals surface area contributed by atoms with Gasteiger partial charge in [0.05, 0.1) is 11.6 Å². The molecule has 1 aromatic carbocycles. The van der Waals surface area contributed by atoms with Crippen molar-refractivity contribution < 1.29 is 4.79 Å². The molecule has 112 valence electrons. The Morgan fingerprint density at radius 3 is 3.00 bits per heavy atom. The van der Waals surface area contributed by atoms with E-state index in [2.05, 4.69) is 54.3 Å². The van der Waals surface area contributed by atoms with Crippen LogP contribution in [0.15, 0.2) is 30.5 Å². The van der Waals surface area contributed by atoms with Crippen molar-refractivity contribution in [3.63, 3.8) is 0 Å². The average molecular weight is 286 g/mol. The summed E-state index contributed by atoms with van der Waals surface area (Å²) in [5.41, 5.74) is 8.05. The molecule has 3 N–H and O–H groups in total. The molecule has 3 rings (SSSR count). The van der Waals surface area contributed by atoms with Gasteiger partial charge >= 0.3 is 6.03 Å². The summed E-state index contributed by atoms with van der Waals surface area (Å²) in [6.07, 6.45) is 2.08. The second-order valence-corrected chi connectivity index (χ2v) is 5.80. The largest absolute Gasteiger partial charge is 0.351 e. The number of primary amides is 1. The SMILES string of the molecule is C[C@H](c1cccc2ccn(C)c12)C1CNCCN1C(N)=O. The summed E-state index contributed by atoms with van der Waals surface area (Å²) in [6.45, 7) is 4.44. The highest BCUT2D eigenvalue weighted by molar-refractivity contribution is 5.84. The molecule has 0 radical (unpaired) electrons. The Kier molecular flexibility index (Phi) is 3.59. The highest BCUT2D eigenvalue weighted by Crippen LogP contribution is 2.30. The molecule has 0 spiro atoms. The van der Waals surface area contributed by atoms with Gasteiger partial charge in [-0.05, 0) is 17.0 Å². The summed E-state index contributed by atoms with van der Waals surface area (Å²) < 4.78 is 2.14. The second kappa shape index (κ2) is 5.41. The Bertz CT molecular complexity index is 663. The van der Waals surface area contributed by atoms with Crippen LogP contribution in [-0.2, 0) is 7.05 Å². The summed E-state index contributed by atoms with van der Waals surface area (Å²) in [6, 6.07) is 8.25. The van der Waals surface area contributed by atoms with Gasteiger partial charge in [0.2, 0.25) is 0 Å². The van der Waals surface area contributed by atoms with Crippen molar-refractivity contribution in [1.82, 2.24) is 14.8 Å². The summed E-state index contributed by atoms with van der Waals surface area (Å²) in [4.78, 5) is 13.5. The zero-order valence-electron chi connectivity index (χ0n) is 12.5. The lowest BCUT2D eigenvalue weighted by Crippen LogP contribution is -2.57. The molecule has 5 nitrogen and oxygen atoms in total. The molecule has 1 fully saturated rings. The van der Waals surface area contributed by atoms with Gasteiger partial charge in [0.15, 0.2) is 0 Å². The molecule has 1 saturated heterocycles. The number of carbonyl (C=O) groups is 1. The first kappa shape index (κ1) is 13.9. The van der Waals surface area contributed by atoms with Crippen LogP contribution in [0.3, 0.4) is 0 Å². The topological polar surface area (TPSA) is 63.3 Å². The standard InChI is InChI=1S/C16H22N4O/c1-11(14-10-18-7-9-20(14)16(17)21)13-5-3-4-12-6-8-19(2)15(12)13/h3-6,8,11,14,18H,7,9-10H2,1-2H3,(H2,17,21)/t11-,14?/m1/s1. The first-order valence-electron chi connectivity index (χ1n) is 7.40. The van der Waals surface area contributed by atoms with Gasteiger partial charge < -0.3 is 20.5 Å². The van der Waals surface area contributed by atoms with Gasteiger partial charge in [-0.3, -0.25) is 0 Å². The van der Waals surface area contributed by atoms with Crippen molar-refractivity contribution in [2.75, 3.05) is 19.6 Å². The number of para-hydroxylation sites is 1. The number of hydrogen-bond acceptors (Lipinski definition) is 2. The van der Waals surface area contributed by atoms with Crippen molar-refractivity contribution in [3.8, 4) is 0 Å². The number of urea groups is 1. The van der Waals surface area contributed by atoms with E-state index in [1.54, 1.807) is 4.90 Å². The van der Waals surface area contributed by atoms with E-state index in [0.29, 0.717) is 6.54 Å². The van der Waals surface area contributed by atoms with Crippen molar-refractivity contribution >= 4 is 16.9 Å². The third kappa shape index (κ3) is 2.38. The molecule has 21 heavy (non-hydrogen) atoms. The Morgan fingerprint density at radius 2 is 2.24 bits per heavy atom. The van der Waals surface area contributed by atoms with Gasteiger partial charge in [-0.2, -0.15) is 0 Å². The second-order valence-electron chi connectivity index (χ2n) is 5.80. The van der Waals surface area contributed by atoms with Crippen LogP contribution in [0.25, 0.3) is 10.9 Å². The van der Waals surface area contributed by atoms with E-state index in [9.17, 15) is 4.79 Å². The van der Waals surface area contributed by atoms with Crippen LogP contribution in [0.5, 0.6) is 0 Å². The minimum atomic E-state index is -0.326.